The molecule has 0 spiro atoms. The molecule has 0 aromatic heterocycles. The zero-order chi connectivity index (χ0) is 48.7. The lowest BCUT2D eigenvalue weighted by molar-refractivity contribution is -0.220. The van der Waals surface area contributed by atoms with Crippen molar-refractivity contribution in [1.29, 1.82) is 0 Å². The number of esters is 2. The molecule has 15 heteroatoms. The van der Waals surface area contributed by atoms with Crippen molar-refractivity contribution in [2.45, 2.75) is 185 Å². The molecule has 1 saturated carbocycles. The predicted molar refractivity (Wildman–Crippen MR) is 259 cm³/mol. The van der Waals surface area contributed by atoms with Crippen molar-refractivity contribution in [3.05, 3.63) is 109 Å². The van der Waals surface area contributed by atoms with E-state index in [0.29, 0.717) is 38.5 Å². The molecule has 1 aliphatic rings. The van der Waals surface area contributed by atoms with E-state index in [-0.39, 0.29) is 12.8 Å². The van der Waals surface area contributed by atoms with Gasteiger partial charge in [-0.1, -0.05) is 155 Å². The molecule has 0 bridgehead atoms. The van der Waals surface area contributed by atoms with Gasteiger partial charge in [-0.3, -0.25) is 18.6 Å². The summed E-state index contributed by atoms with van der Waals surface area (Å²) in [5, 5.41) is 60.2. The molecular formula is C51H81O14P. The number of aliphatic hydroxyl groups is 6. The fraction of sp³-hybridized carbons (Fsp3) is 0.608. The number of phosphoric ester groups is 1. The number of phosphoric acid groups is 1. The molecule has 14 nitrogen and oxygen atoms in total. The maximum absolute atomic E-state index is 12.8. The van der Waals surface area contributed by atoms with Crippen LogP contribution in [-0.4, -0.2) is 110 Å². The predicted octanol–water partition coefficient (Wildman–Crippen LogP) is 8.58. The van der Waals surface area contributed by atoms with Crippen LogP contribution in [0.15, 0.2) is 109 Å². The van der Waals surface area contributed by atoms with E-state index in [1.54, 1.807) is 12.2 Å². The summed E-state index contributed by atoms with van der Waals surface area (Å²) in [7, 11) is -5.17. The van der Waals surface area contributed by atoms with Gasteiger partial charge < -0.3 is 45.0 Å². The molecule has 4 unspecified atom stereocenters. The van der Waals surface area contributed by atoms with Gasteiger partial charge in [0.05, 0.1) is 12.7 Å². The van der Waals surface area contributed by atoms with Crippen LogP contribution in [0.3, 0.4) is 0 Å². The molecule has 0 aliphatic heterocycles. The number of rotatable bonds is 37. The number of aliphatic hydroxyl groups excluding tert-OH is 6. The van der Waals surface area contributed by atoms with Crippen LogP contribution in [0.4, 0.5) is 0 Å². The quantitative estimate of drug-likeness (QED) is 0.0102. The van der Waals surface area contributed by atoms with E-state index in [1.807, 2.05) is 60.8 Å². The Morgan fingerprint density at radius 1 is 0.561 bits per heavy atom. The summed E-state index contributed by atoms with van der Waals surface area (Å²) < 4.78 is 33.4. The highest BCUT2D eigenvalue weighted by molar-refractivity contribution is 7.47. The maximum Gasteiger partial charge on any atom is 0.472 e. The van der Waals surface area contributed by atoms with Crippen molar-refractivity contribution in [2.24, 2.45) is 0 Å². The van der Waals surface area contributed by atoms with Crippen molar-refractivity contribution in [2.75, 3.05) is 13.2 Å². The third-order valence-electron chi connectivity index (χ3n) is 10.2. The molecule has 66 heavy (non-hydrogen) atoms. The summed E-state index contributed by atoms with van der Waals surface area (Å²) >= 11 is 0. The molecule has 7 N–H and O–H groups in total. The Balaban J connectivity index is 2.58. The highest BCUT2D eigenvalue weighted by Crippen LogP contribution is 2.47. The second-order valence-corrected chi connectivity index (χ2v) is 17.5. The Bertz CT molecular complexity index is 1580. The lowest BCUT2D eigenvalue weighted by Crippen LogP contribution is -2.64. The Hall–Kier alpha value is -3.53. The van der Waals surface area contributed by atoms with Gasteiger partial charge in [0.2, 0.25) is 0 Å². The zero-order valence-electron chi connectivity index (χ0n) is 39.3. The average molecular weight is 949 g/mol. The summed E-state index contributed by atoms with van der Waals surface area (Å²) in [5.41, 5.74) is 0. The first-order chi connectivity index (χ1) is 31.8. The maximum atomic E-state index is 12.8. The molecule has 9 atom stereocenters. The minimum atomic E-state index is -5.17. The fourth-order valence-corrected chi connectivity index (χ4v) is 7.33. The summed E-state index contributed by atoms with van der Waals surface area (Å²) in [5.74, 6) is -1.30. The summed E-state index contributed by atoms with van der Waals surface area (Å²) in [6, 6.07) is 0. The van der Waals surface area contributed by atoms with Gasteiger partial charge in [0.25, 0.3) is 0 Å². The number of carbonyl (C=O) groups is 2. The van der Waals surface area contributed by atoms with E-state index in [1.165, 1.54) is 38.5 Å². The van der Waals surface area contributed by atoms with E-state index in [0.717, 1.165) is 32.1 Å². The second kappa shape index (κ2) is 39.5. The van der Waals surface area contributed by atoms with Crippen LogP contribution in [0.25, 0.3) is 0 Å². The van der Waals surface area contributed by atoms with Gasteiger partial charge in [0, 0.05) is 12.8 Å². The van der Waals surface area contributed by atoms with Gasteiger partial charge in [-0.05, 0) is 77.0 Å². The molecule has 1 aliphatic carbocycles. The lowest BCUT2D eigenvalue weighted by Gasteiger charge is -2.41. The lowest BCUT2D eigenvalue weighted by atomic mass is 9.85. The molecule has 0 aromatic rings. The first kappa shape index (κ1) is 60.5. The largest absolute Gasteiger partial charge is 0.472 e. The first-order valence-corrected chi connectivity index (χ1v) is 25.3. The summed E-state index contributed by atoms with van der Waals surface area (Å²) in [6.45, 7) is 2.99. The SMILES string of the molecule is CC/C=C\C/C=C\CC(O)/C=C/C=C\C/C=C\C/C=C\CCC(=O)O[C@H](COC(=O)CCC/C=C\C/C=C\C/C=C\CCCCCCCC)COP(=O)(O)OC1[C@H](O)[C@H](O)C(O)[C@H](O)[C@H]1O. The number of carbonyl (C=O) groups excluding carboxylic acids is 2. The summed E-state index contributed by atoms with van der Waals surface area (Å²) in [4.78, 5) is 35.7. The smallest absolute Gasteiger partial charge is 0.462 e. The minimum Gasteiger partial charge on any atom is -0.462 e. The van der Waals surface area contributed by atoms with Crippen LogP contribution in [0, 0.1) is 0 Å². The summed E-state index contributed by atoms with van der Waals surface area (Å²) in [6.07, 6.45) is 37.5. The van der Waals surface area contributed by atoms with E-state index in [2.05, 4.69) is 50.3 Å². The number of hydrogen-bond donors (Lipinski definition) is 7. The second-order valence-electron chi connectivity index (χ2n) is 16.1. The van der Waals surface area contributed by atoms with Crippen molar-refractivity contribution in [3.8, 4) is 0 Å². The highest BCUT2D eigenvalue weighted by atomic mass is 31.2. The van der Waals surface area contributed by atoms with Crippen molar-refractivity contribution >= 4 is 19.8 Å². The molecule has 1 rings (SSSR count). The van der Waals surface area contributed by atoms with Crippen LogP contribution in [0.1, 0.15) is 136 Å². The Kier molecular flexibility index (Phi) is 36.2. The third kappa shape index (κ3) is 31.4. The Labute approximate surface area is 394 Å². The van der Waals surface area contributed by atoms with Crippen molar-refractivity contribution in [3.63, 3.8) is 0 Å². The van der Waals surface area contributed by atoms with Crippen LogP contribution >= 0.6 is 7.82 Å². The van der Waals surface area contributed by atoms with Gasteiger partial charge >= 0.3 is 19.8 Å². The molecule has 0 saturated heterocycles. The molecule has 0 heterocycles. The van der Waals surface area contributed by atoms with Gasteiger partial charge in [-0.2, -0.15) is 0 Å². The molecular weight excluding hydrogens is 868 g/mol. The Morgan fingerprint density at radius 3 is 1.70 bits per heavy atom. The normalized spacial score (nSPS) is 22.7. The van der Waals surface area contributed by atoms with Crippen LogP contribution in [0.2, 0.25) is 0 Å². The Morgan fingerprint density at radius 2 is 1.08 bits per heavy atom. The van der Waals surface area contributed by atoms with Gasteiger partial charge in [-0.25, -0.2) is 4.57 Å². The van der Waals surface area contributed by atoms with Gasteiger partial charge in [0.15, 0.2) is 6.10 Å². The zero-order valence-corrected chi connectivity index (χ0v) is 40.2. The third-order valence-corrected chi connectivity index (χ3v) is 11.2. The van der Waals surface area contributed by atoms with Crippen molar-refractivity contribution < 1.29 is 68.2 Å². The average Bonchev–Trinajstić information content (AvgIpc) is 3.29. The van der Waals surface area contributed by atoms with Crippen molar-refractivity contribution in [1.82, 2.24) is 0 Å². The first-order valence-electron chi connectivity index (χ1n) is 23.8. The van der Waals surface area contributed by atoms with E-state index in [4.69, 9.17) is 18.5 Å². The van der Waals surface area contributed by atoms with Gasteiger partial charge in [-0.15, -0.1) is 0 Å². The number of ether oxygens (including phenoxy) is 2. The minimum absolute atomic E-state index is 0.0627. The molecule has 374 valence electrons. The number of allylic oxidation sites excluding steroid dienone is 16. The number of hydrogen-bond acceptors (Lipinski definition) is 13. The standard InChI is InChI=1S/C51H81O14P/c1-3-5-7-9-11-12-13-14-15-16-17-18-19-23-26-30-34-38-44(53)62-40-43(41-63-66(60,61)65-51-49(58)47(56)46(55)48(57)50(51)59)64-45(54)39-35-31-27-24-21-20-22-25-29-33-37-42(52)36-32-28-10-8-6-4-2/h6,8,14-15,17-18,20-21,23,25-29,31-33,37,42-43,46-52,55-59H,3-5,7,9-13,16,19,22,24,30,34-36,38-41H2,1-2H3,(H,60,61)/b8-6-,15-14-,18-17-,21-20-,26-23-,29-25-,31-27-,32-28-,37-33+/t42?,43-,46?,47-,48+,49-,50-,51?/m1/s1. The number of unbranched alkanes of at least 4 members (excludes halogenated alkanes) is 7. The van der Waals surface area contributed by atoms with E-state index < -0.39 is 81.8 Å². The monoisotopic (exact) mass is 949 g/mol. The molecule has 0 aromatic carbocycles. The molecule has 0 radical (unpaired) electrons. The van der Waals surface area contributed by atoms with E-state index >= 15 is 0 Å². The van der Waals surface area contributed by atoms with Crippen LogP contribution in [0.5, 0.6) is 0 Å². The molecule has 1 fully saturated rings. The fourth-order valence-electron chi connectivity index (χ4n) is 6.35. The topological polar surface area (TPSA) is 230 Å². The highest BCUT2D eigenvalue weighted by Gasteiger charge is 2.51. The van der Waals surface area contributed by atoms with Crippen LogP contribution in [-0.2, 0) is 32.7 Å². The molecule has 0 amide bonds. The van der Waals surface area contributed by atoms with Gasteiger partial charge in [0.1, 0.15) is 43.2 Å². The van der Waals surface area contributed by atoms with E-state index in [9.17, 15) is 49.7 Å². The van der Waals surface area contributed by atoms with Crippen LogP contribution < -0.4 is 0 Å².